The smallest absolute Gasteiger partial charge is 0.270 e. The van der Waals surface area contributed by atoms with E-state index < -0.39 is 0 Å². The highest BCUT2D eigenvalue weighted by atomic mass is 16.2. The molecule has 1 amide bonds. The highest BCUT2D eigenvalue weighted by Crippen LogP contribution is 2.30. The van der Waals surface area contributed by atoms with Gasteiger partial charge in [0.05, 0.1) is 0 Å². The van der Waals surface area contributed by atoms with E-state index in [2.05, 4.69) is 16.8 Å². The number of amides is 1. The number of hydrogen-bond acceptors (Lipinski definition) is 3. The molecule has 2 aliphatic heterocycles. The van der Waals surface area contributed by atoms with E-state index in [0.29, 0.717) is 17.1 Å². The van der Waals surface area contributed by atoms with Gasteiger partial charge in [0.1, 0.15) is 5.69 Å². The summed E-state index contributed by atoms with van der Waals surface area (Å²) in [5.74, 6) is -0.0340. The van der Waals surface area contributed by atoms with Crippen LogP contribution >= 0.6 is 0 Å². The van der Waals surface area contributed by atoms with Gasteiger partial charge in [-0.15, -0.1) is 0 Å². The zero-order valence-corrected chi connectivity index (χ0v) is 14.7. The van der Waals surface area contributed by atoms with E-state index >= 15 is 0 Å². The second kappa shape index (κ2) is 6.64. The van der Waals surface area contributed by atoms with Crippen LogP contribution in [0.25, 0.3) is 10.8 Å². The minimum Gasteiger partial charge on any atom is -0.333 e. The average Bonchev–Trinajstić information content (AvgIpc) is 3.29. The van der Waals surface area contributed by atoms with Gasteiger partial charge in [-0.05, 0) is 56.3 Å². The molecule has 5 nitrogen and oxygen atoms in total. The van der Waals surface area contributed by atoms with E-state index in [4.69, 9.17) is 0 Å². The molecule has 3 heterocycles. The molecular formula is C20H25N3O2. The van der Waals surface area contributed by atoms with Crippen molar-refractivity contribution in [2.45, 2.75) is 44.7 Å². The molecular weight excluding hydrogens is 314 g/mol. The molecule has 0 spiro atoms. The zero-order valence-electron chi connectivity index (χ0n) is 14.7. The fourth-order valence-corrected chi connectivity index (χ4v) is 4.61. The molecule has 2 aromatic rings. The zero-order chi connectivity index (χ0) is 17.4. The normalized spacial score (nSPS) is 24.3. The summed E-state index contributed by atoms with van der Waals surface area (Å²) in [7, 11) is 0. The Morgan fingerprint density at radius 2 is 1.92 bits per heavy atom. The molecule has 2 aliphatic rings. The number of benzene rings is 1. The number of nitrogens with zero attached hydrogens (tertiary/aromatic N) is 2. The van der Waals surface area contributed by atoms with Crippen LogP contribution in [0.5, 0.6) is 0 Å². The van der Waals surface area contributed by atoms with E-state index in [0.717, 1.165) is 44.3 Å². The highest BCUT2D eigenvalue weighted by molar-refractivity contribution is 5.96. The molecule has 2 saturated heterocycles. The largest absolute Gasteiger partial charge is 0.333 e. The molecule has 1 aromatic carbocycles. The van der Waals surface area contributed by atoms with Gasteiger partial charge in [0.2, 0.25) is 0 Å². The quantitative estimate of drug-likeness (QED) is 0.935. The molecule has 132 valence electrons. The Hall–Kier alpha value is -2.14. The van der Waals surface area contributed by atoms with Crippen molar-refractivity contribution < 1.29 is 4.79 Å². The summed E-state index contributed by atoms with van der Waals surface area (Å²) in [4.78, 5) is 32.8. The number of aromatic nitrogens is 1. The van der Waals surface area contributed by atoms with Crippen molar-refractivity contribution in [3.63, 3.8) is 0 Å². The lowest BCUT2D eigenvalue weighted by atomic mass is 10.0. The van der Waals surface area contributed by atoms with Crippen molar-refractivity contribution in [1.82, 2.24) is 14.8 Å². The molecule has 0 radical (unpaired) electrons. The van der Waals surface area contributed by atoms with E-state index in [1.165, 1.54) is 6.42 Å². The molecule has 1 N–H and O–H groups in total. The van der Waals surface area contributed by atoms with Crippen LogP contribution < -0.4 is 5.56 Å². The summed E-state index contributed by atoms with van der Waals surface area (Å²) < 4.78 is 0. The lowest BCUT2D eigenvalue weighted by molar-refractivity contribution is 0.0644. The number of likely N-dealkylation sites (tertiary alicyclic amines) is 2. The number of hydrogen-bond donors (Lipinski definition) is 1. The predicted octanol–water partition coefficient (Wildman–Crippen LogP) is 2.62. The molecule has 5 heteroatoms. The molecule has 0 bridgehead atoms. The number of aromatic amines is 1. The first-order chi connectivity index (χ1) is 12.2. The van der Waals surface area contributed by atoms with Gasteiger partial charge in [0.15, 0.2) is 0 Å². The third-order valence-electron chi connectivity index (χ3n) is 5.81. The maximum absolute atomic E-state index is 13.1. The van der Waals surface area contributed by atoms with Gasteiger partial charge in [0, 0.05) is 24.0 Å². The first kappa shape index (κ1) is 16.3. The van der Waals surface area contributed by atoms with Crippen LogP contribution in [0.15, 0.2) is 35.1 Å². The Kier molecular flexibility index (Phi) is 4.34. The first-order valence-corrected chi connectivity index (χ1v) is 9.36. The van der Waals surface area contributed by atoms with Crippen LogP contribution in [-0.4, -0.2) is 52.4 Å². The first-order valence-electron chi connectivity index (χ1n) is 9.36. The summed E-state index contributed by atoms with van der Waals surface area (Å²) in [6.07, 6.45) is 4.48. The molecule has 2 atom stereocenters. The summed E-state index contributed by atoms with van der Waals surface area (Å²) in [5.41, 5.74) is 0.227. The number of nitrogens with one attached hydrogen (secondary N) is 1. The molecule has 25 heavy (non-hydrogen) atoms. The lowest BCUT2D eigenvalue weighted by Crippen LogP contribution is -2.48. The number of carbonyl (C=O) groups excluding carboxylic acids is 1. The van der Waals surface area contributed by atoms with Crippen molar-refractivity contribution >= 4 is 16.7 Å². The van der Waals surface area contributed by atoms with Gasteiger partial charge in [-0.1, -0.05) is 25.1 Å². The van der Waals surface area contributed by atoms with Crippen molar-refractivity contribution in [3.05, 3.63) is 46.4 Å². The van der Waals surface area contributed by atoms with Crippen molar-refractivity contribution in [3.8, 4) is 0 Å². The Balaban J connectivity index is 1.65. The van der Waals surface area contributed by atoms with E-state index in [1.807, 2.05) is 29.2 Å². The molecule has 2 fully saturated rings. The predicted molar refractivity (Wildman–Crippen MR) is 98.9 cm³/mol. The van der Waals surface area contributed by atoms with Crippen LogP contribution in [-0.2, 0) is 0 Å². The molecule has 0 saturated carbocycles. The fraction of sp³-hybridized carbons (Fsp3) is 0.500. The minimum atomic E-state index is -0.187. The number of likely N-dealkylation sites (N-methyl/N-ethyl adjacent to an activating group) is 1. The van der Waals surface area contributed by atoms with E-state index in [1.54, 1.807) is 6.07 Å². The number of rotatable bonds is 3. The van der Waals surface area contributed by atoms with Gasteiger partial charge >= 0.3 is 0 Å². The fourth-order valence-electron chi connectivity index (χ4n) is 4.61. The van der Waals surface area contributed by atoms with Crippen LogP contribution in [0, 0.1) is 0 Å². The van der Waals surface area contributed by atoms with Crippen LogP contribution in [0.4, 0.5) is 0 Å². The van der Waals surface area contributed by atoms with Gasteiger partial charge in [-0.2, -0.15) is 0 Å². The monoisotopic (exact) mass is 339 g/mol. The van der Waals surface area contributed by atoms with Gasteiger partial charge in [0.25, 0.3) is 11.5 Å². The maximum Gasteiger partial charge on any atom is 0.270 e. The lowest BCUT2D eigenvalue weighted by Gasteiger charge is -2.34. The third-order valence-corrected chi connectivity index (χ3v) is 5.81. The Morgan fingerprint density at radius 3 is 2.76 bits per heavy atom. The minimum absolute atomic E-state index is 0.0340. The standard InChI is InChI=1S/C20H25N3O2/c1-2-22-11-5-9-17(22)18-10-6-12-23(18)20(25)16-13-14-7-3-4-8-15(14)19(24)21-16/h3-4,7-8,13,17-18H,2,5-6,9-12H2,1H3,(H,21,24)/t17-,18-/m1/s1. The molecule has 0 aliphatic carbocycles. The number of fused-ring (bicyclic) bond motifs is 1. The van der Waals surface area contributed by atoms with Crippen molar-refractivity contribution in [2.24, 2.45) is 0 Å². The number of H-pyrrole nitrogens is 1. The summed E-state index contributed by atoms with van der Waals surface area (Å²) in [5, 5.41) is 1.45. The van der Waals surface area contributed by atoms with Crippen LogP contribution in [0.2, 0.25) is 0 Å². The van der Waals surface area contributed by atoms with Crippen LogP contribution in [0.1, 0.15) is 43.1 Å². The van der Waals surface area contributed by atoms with Crippen molar-refractivity contribution in [1.29, 1.82) is 0 Å². The third kappa shape index (κ3) is 2.86. The molecule has 1 aromatic heterocycles. The van der Waals surface area contributed by atoms with E-state index in [9.17, 15) is 9.59 Å². The second-order valence-electron chi connectivity index (χ2n) is 7.15. The molecule has 4 rings (SSSR count). The SMILES string of the molecule is CCN1CCC[C@@H]1[C@H]1CCCN1C(=O)c1cc2ccccc2c(=O)[nH]1. The maximum atomic E-state index is 13.1. The van der Waals surface area contributed by atoms with E-state index in [-0.39, 0.29) is 17.5 Å². The summed E-state index contributed by atoms with van der Waals surface area (Å²) in [6.45, 7) is 5.15. The van der Waals surface area contributed by atoms with Gasteiger partial charge in [-0.3, -0.25) is 14.5 Å². The Bertz CT molecular complexity index is 844. The van der Waals surface area contributed by atoms with Crippen molar-refractivity contribution in [2.75, 3.05) is 19.6 Å². The average molecular weight is 339 g/mol. The van der Waals surface area contributed by atoms with Gasteiger partial charge in [-0.25, -0.2) is 0 Å². The Labute approximate surface area is 147 Å². The topological polar surface area (TPSA) is 56.4 Å². The highest BCUT2D eigenvalue weighted by Gasteiger charge is 2.39. The second-order valence-corrected chi connectivity index (χ2v) is 7.15. The van der Waals surface area contributed by atoms with Crippen LogP contribution in [0.3, 0.4) is 0 Å². The van der Waals surface area contributed by atoms with Gasteiger partial charge < -0.3 is 9.88 Å². The summed E-state index contributed by atoms with van der Waals surface area (Å²) >= 11 is 0. The summed E-state index contributed by atoms with van der Waals surface area (Å²) in [6, 6.07) is 9.97. The number of pyridine rings is 1. The molecule has 0 unspecified atom stereocenters. The number of carbonyl (C=O) groups is 1. The Morgan fingerprint density at radius 1 is 1.16 bits per heavy atom.